The molecule has 126 valence electrons. The van der Waals surface area contributed by atoms with Gasteiger partial charge in [0.1, 0.15) is 5.75 Å². The molecule has 0 atom stereocenters. The summed E-state index contributed by atoms with van der Waals surface area (Å²) >= 11 is 2.15. The Labute approximate surface area is 149 Å². The number of carbonyl (C=O) groups is 2. The lowest BCUT2D eigenvalue weighted by atomic mass is 9.86. The fourth-order valence-electron chi connectivity index (χ4n) is 1.88. The van der Waals surface area contributed by atoms with E-state index in [2.05, 4.69) is 58.7 Å². The van der Waals surface area contributed by atoms with E-state index in [1.165, 1.54) is 13.4 Å². The number of hydrogen-bond acceptors (Lipinski definition) is 4. The number of urea groups is 1. The van der Waals surface area contributed by atoms with Crippen molar-refractivity contribution in [2.75, 3.05) is 19.5 Å². The average molecular weight is 432 g/mol. The van der Waals surface area contributed by atoms with E-state index in [4.69, 9.17) is 4.74 Å². The molecule has 0 saturated carbocycles. The third-order valence-electron chi connectivity index (χ3n) is 2.91. The summed E-state index contributed by atoms with van der Waals surface area (Å²) in [6.45, 7) is 6.18. The SMILES string of the molecule is COC=CC(=O)NC(=O)Nc1cc(I)c(OC)c(C(C)(C)C)c1. The highest BCUT2D eigenvalue weighted by atomic mass is 127. The third-order valence-corrected chi connectivity index (χ3v) is 3.71. The number of rotatable bonds is 4. The van der Waals surface area contributed by atoms with Gasteiger partial charge in [0.2, 0.25) is 0 Å². The van der Waals surface area contributed by atoms with Crippen LogP contribution in [-0.4, -0.2) is 26.2 Å². The quantitative estimate of drug-likeness (QED) is 0.435. The predicted molar refractivity (Wildman–Crippen MR) is 97.7 cm³/mol. The van der Waals surface area contributed by atoms with Gasteiger partial charge in [-0.1, -0.05) is 20.8 Å². The third kappa shape index (κ3) is 5.74. The molecule has 0 aromatic heterocycles. The first kappa shape index (κ1) is 19.3. The zero-order valence-corrected chi connectivity index (χ0v) is 16.0. The molecule has 23 heavy (non-hydrogen) atoms. The smallest absolute Gasteiger partial charge is 0.326 e. The van der Waals surface area contributed by atoms with Crippen LogP contribution < -0.4 is 15.4 Å². The molecule has 6 nitrogen and oxygen atoms in total. The van der Waals surface area contributed by atoms with E-state index in [1.54, 1.807) is 13.2 Å². The summed E-state index contributed by atoms with van der Waals surface area (Å²) in [7, 11) is 3.03. The highest BCUT2D eigenvalue weighted by Crippen LogP contribution is 2.37. The molecular formula is C16H21IN2O4. The molecule has 1 aromatic rings. The van der Waals surface area contributed by atoms with Gasteiger partial charge in [-0.15, -0.1) is 0 Å². The molecular weight excluding hydrogens is 411 g/mol. The normalized spacial score (nSPS) is 11.2. The molecule has 2 N–H and O–H groups in total. The summed E-state index contributed by atoms with van der Waals surface area (Å²) in [5.41, 5.74) is 1.39. The molecule has 0 aliphatic heterocycles. The van der Waals surface area contributed by atoms with Crippen molar-refractivity contribution in [3.8, 4) is 5.75 Å². The van der Waals surface area contributed by atoms with Crippen LogP contribution in [0.15, 0.2) is 24.5 Å². The van der Waals surface area contributed by atoms with Crippen LogP contribution in [0.2, 0.25) is 0 Å². The molecule has 7 heteroatoms. The predicted octanol–water partition coefficient (Wildman–Crippen LogP) is 3.41. The minimum Gasteiger partial charge on any atom is -0.504 e. The van der Waals surface area contributed by atoms with Gasteiger partial charge in [0.05, 0.1) is 24.1 Å². The molecule has 3 amide bonds. The number of amides is 3. The zero-order valence-electron chi connectivity index (χ0n) is 13.8. The van der Waals surface area contributed by atoms with Gasteiger partial charge in [-0.2, -0.15) is 0 Å². The molecule has 0 aliphatic carbocycles. The number of carbonyl (C=O) groups excluding carboxylic acids is 2. The molecule has 0 aliphatic rings. The summed E-state index contributed by atoms with van der Waals surface area (Å²) < 4.78 is 11.0. The fraction of sp³-hybridized carbons (Fsp3) is 0.375. The summed E-state index contributed by atoms with van der Waals surface area (Å²) in [6.07, 6.45) is 2.31. The van der Waals surface area contributed by atoms with Gasteiger partial charge in [0, 0.05) is 17.3 Å². The second-order valence-corrected chi connectivity index (χ2v) is 6.93. The summed E-state index contributed by atoms with van der Waals surface area (Å²) in [5.74, 6) is 0.215. The van der Waals surface area contributed by atoms with Gasteiger partial charge in [0.15, 0.2) is 0 Å². The Balaban J connectivity index is 2.97. The van der Waals surface area contributed by atoms with Gasteiger partial charge in [0.25, 0.3) is 5.91 Å². The molecule has 0 spiro atoms. The Bertz CT molecular complexity index is 621. The van der Waals surface area contributed by atoms with E-state index >= 15 is 0 Å². The van der Waals surface area contributed by atoms with Crippen molar-refractivity contribution in [1.29, 1.82) is 0 Å². The maximum atomic E-state index is 11.9. The first-order valence-corrected chi connectivity index (χ1v) is 7.96. The number of hydrogen-bond donors (Lipinski definition) is 2. The number of methoxy groups -OCH3 is 2. The molecule has 0 saturated heterocycles. The minimum absolute atomic E-state index is 0.156. The summed E-state index contributed by atoms with van der Waals surface area (Å²) in [5, 5.41) is 4.83. The topological polar surface area (TPSA) is 76.7 Å². The van der Waals surface area contributed by atoms with E-state index in [1.807, 2.05) is 6.07 Å². The number of anilines is 1. The first-order chi connectivity index (χ1) is 10.7. The van der Waals surface area contributed by atoms with Gasteiger partial charge in [-0.25, -0.2) is 4.79 Å². The van der Waals surface area contributed by atoms with Crippen molar-refractivity contribution in [3.63, 3.8) is 0 Å². The molecule has 0 unspecified atom stereocenters. The molecule has 1 rings (SSSR count). The van der Waals surface area contributed by atoms with Crippen LogP contribution in [0.3, 0.4) is 0 Å². The van der Waals surface area contributed by atoms with E-state index in [9.17, 15) is 9.59 Å². The second-order valence-electron chi connectivity index (χ2n) is 5.77. The second kappa shape index (κ2) is 8.19. The van der Waals surface area contributed by atoms with Crippen LogP contribution in [0.1, 0.15) is 26.3 Å². The van der Waals surface area contributed by atoms with Crippen LogP contribution in [0, 0.1) is 3.57 Å². The van der Waals surface area contributed by atoms with Crippen LogP contribution in [0.25, 0.3) is 0 Å². The van der Waals surface area contributed by atoms with E-state index in [-0.39, 0.29) is 5.41 Å². The fourth-order valence-corrected chi connectivity index (χ4v) is 2.72. The van der Waals surface area contributed by atoms with E-state index in [0.717, 1.165) is 21.0 Å². The zero-order chi connectivity index (χ0) is 17.6. The standard InChI is InChI=1S/C16H21IN2O4/c1-16(2,3)11-8-10(9-12(17)14(11)23-5)18-15(21)19-13(20)6-7-22-4/h6-9H,1-5H3,(H2,18,19,20,21). The summed E-state index contributed by atoms with van der Waals surface area (Å²) in [4.78, 5) is 23.3. The highest BCUT2D eigenvalue weighted by Gasteiger charge is 2.22. The first-order valence-electron chi connectivity index (χ1n) is 6.88. The van der Waals surface area contributed by atoms with Crippen molar-refractivity contribution in [2.45, 2.75) is 26.2 Å². The van der Waals surface area contributed by atoms with Crippen molar-refractivity contribution in [2.24, 2.45) is 0 Å². The van der Waals surface area contributed by atoms with Crippen LogP contribution >= 0.6 is 22.6 Å². The Morgan fingerprint density at radius 3 is 2.39 bits per heavy atom. The molecule has 0 radical (unpaired) electrons. The Morgan fingerprint density at radius 2 is 1.87 bits per heavy atom. The van der Waals surface area contributed by atoms with Gasteiger partial charge < -0.3 is 14.8 Å². The average Bonchev–Trinajstić information content (AvgIpc) is 2.43. The van der Waals surface area contributed by atoms with Crippen molar-refractivity contribution in [1.82, 2.24) is 5.32 Å². The number of ether oxygens (including phenoxy) is 2. The lowest BCUT2D eigenvalue weighted by Crippen LogP contribution is -2.33. The number of nitrogens with one attached hydrogen (secondary N) is 2. The molecule has 0 heterocycles. The Morgan fingerprint density at radius 1 is 1.22 bits per heavy atom. The molecule has 0 fully saturated rings. The largest absolute Gasteiger partial charge is 0.504 e. The Hall–Kier alpha value is -1.77. The lowest BCUT2D eigenvalue weighted by molar-refractivity contribution is -0.115. The van der Waals surface area contributed by atoms with Crippen molar-refractivity contribution < 1.29 is 19.1 Å². The van der Waals surface area contributed by atoms with Crippen molar-refractivity contribution >= 4 is 40.2 Å². The number of imide groups is 1. The summed E-state index contributed by atoms with van der Waals surface area (Å²) in [6, 6.07) is 3.01. The highest BCUT2D eigenvalue weighted by molar-refractivity contribution is 14.1. The van der Waals surface area contributed by atoms with Crippen LogP contribution in [0.5, 0.6) is 5.75 Å². The van der Waals surface area contributed by atoms with Crippen LogP contribution in [0.4, 0.5) is 10.5 Å². The van der Waals surface area contributed by atoms with Gasteiger partial charge >= 0.3 is 6.03 Å². The maximum Gasteiger partial charge on any atom is 0.326 e. The number of benzene rings is 1. The monoisotopic (exact) mass is 432 g/mol. The minimum atomic E-state index is -0.614. The van der Waals surface area contributed by atoms with Gasteiger partial charge in [-0.3, -0.25) is 10.1 Å². The lowest BCUT2D eigenvalue weighted by Gasteiger charge is -2.24. The van der Waals surface area contributed by atoms with E-state index < -0.39 is 11.9 Å². The Kier molecular flexibility index (Phi) is 6.86. The van der Waals surface area contributed by atoms with Gasteiger partial charge in [-0.05, 0) is 40.1 Å². The maximum absolute atomic E-state index is 11.9. The van der Waals surface area contributed by atoms with Crippen LogP contribution in [-0.2, 0) is 14.9 Å². The molecule has 0 bridgehead atoms. The van der Waals surface area contributed by atoms with E-state index in [0.29, 0.717) is 5.69 Å². The van der Waals surface area contributed by atoms with Crippen molar-refractivity contribution in [3.05, 3.63) is 33.6 Å². The molecule has 1 aromatic carbocycles. The number of halogens is 1.